The Balaban J connectivity index is 1.73. The van der Waals surface area contributed by atoms with Gasteiger partial charge in [-0.05, 0) is 0 Å². The summed E-state index contributed by atoms with van der Waals surface area (Å²) < 4.78 is 34.8. The van der Waals surface area contributed by atoms with Crippen molar-refractivity contribution in [3.05, 3.63) is 23.8 Å². The van der Waals surface area contributed by atoms with Crippen molar-refractivity contribution in [2.24, 2.45) is 5.73 Å². The number of benzene rings is 1. The van der Waals surface area contributed by atoms with Gasteiger partial charge in [0.2, 0.25) is 5.91 Å². The van der Waals surface area contributed by atoms with Crippen molar-refractivity contribution in [1.82, 2.24) is 10.4 Å². The number of hydrogen-bond donors (Lipinski definition) is 2. The van der Waals surface area contributed by atoms with E-state index in [4.69, 9.17) is 15.3 Å². The van der Waals surface area contributed by atoms with Crippen LogP contribution in [0.3, 0.4) is 0 Å². The van der Waals surface area contributed by atoms with Crippen LogP contribution in [0.4, 0.5) is 25.0 Å². The zero-order chi connectivity index (χ0) is 21.8. The highest BCUT2D eigenvalue weighted by molar-refractivity contribution is 5.90. The number of hydrogen-bond acceptors (Lipinski definition) is 7. The molecule has 0 saturated carbocycles. The summed E-state index contributed by atoms with van der Waals surface area (Å²) in [6.45, 7) is 1.70. The first-order valence-electron chi connectivity index (χ1n) is 9.40. The molecular formula is C18H23F2N5O5. The number of halogens is 2. The first kappa shape index (κ1) is 21.7. The number of cyclic esters (lactones) is 1. The third-order valence-electron chi connectivity index (χ3n) is 4.72. The van der Waals surface area contributed by atoms with Gasteiger partial charge in [-0.1, -0.05) is 0 Å². The van der Waals surface area contributed by atoms with Crippen LogP contribution < -0.4 is 20.9 Å². The molecule has 0 spiro atoms. The lowest BCUT2D eigenvalue weighted by Crippen LogP contribution is -2.38. The van der Waals surface area contributed by atoms with E-state index in [1.807, 2.05) is 0 Å². The van der Waals surface area contributed by atoms with E-state index in [-0.39, 0.29) is 63.2 Å². The number of nitrogens with one attached hydrogen (secondary N) is 1. The van der Waals surface area contributed by atoms with Gasteiger partial charge in [-0.3, -0.25) is 19.3 Å². The van der Waals surface area contributed by atoms with Gasteiger partial charge >= 0.3 is 6.09 Å². The summed E-state index contributed by atoms with van der Waals surface area (Å²) in [6.07, 6.45) is -1.38. The smallest absolute Gasteiger partial charge is 0.414 e. The highest BCUT2D eigenvalue weighted by Crippen LogP contribution is 2.31. The first-order valence-corrected chi connectivity index (χ1v) is 9.40. The Hall–Kier alpha value is -2.99. The van der Waals surface area contributed by atoms with Gasteiger partial charge in [0.1, 0.15) is 11.8 Å². The number of anilines is 2. The van der Waals surface area contributed by atoms with Crippen LogP contribution in [0, 0.1) is 11.6 Å². The monoisotopic (exact) mass is 427 g/mol. The average Bonchev–Trinajstić information content (AvgIpc) is 2.90. The summed E-state index contributed by atoms with van der Waals surface area (Å²) in [5.74, 6) is -2.42. The number of amides is 3. The van der Waals surface area contributed by atoms with Gasteiger partial charge < -0.3 is 20.7 Å². The number of carbonyl (C=O) groups excluding carboxylic acids is 3. The molecule has 3 amide bonds. The summed E-state index contributed by atoms with van der Waals surface area (Å²) in [4.78, 5) is 42.6. The molecule has 30 heavy (non-hydrogen) atoms. The van der Waals surface area contributed by atoms with Gasteiger partial charge in [0, 0.05) is 32.1 Å². The molecule has 2 aliphatic heterocycles. The average molecular weight is 427 g/mol. The maximum atomic E-state index is 14.8. The SMILES string of the molecule is CC(=O)NC[C@H]1CN(c2cc(F)c(N3CCON(C(=O)CN)CC3)c(F)c2)C(=O)O1. The molecule has 2 heterocycles. The van der Waals surface area contributed by atoms with Crippen LogP contribution in [0.25, 0.3) is 0 Å². The van der Waals surface area contributed by atoms with Gasteiger partial charge in [-0.15, -0.1) is 0 Å². The van der Waals surface area contributed by atoms with E-state index in [0.29, 0.717) is 0 Å². The molecule has 1 aromatic carbocycles. The Morgan fingerprint density at radius 1 is 1.23 bits per heavy atom. The molecule has 1 atom stereocenters. The van der Waals surface area contributed by atoms with E-state index in [9.17, 15) is 23.2 Å². The molecule has 164 valence electrons. The molecule has 1 aromatic rings. The topological polar surface area (TPSA) is 117 Å². The van der Waals surface area contributed by atoms with Crippen molar-refractivity contribution in [1.29, 1.82) is 0 Å². The minimum atomic E-state index is -0.860. The van der Waals surface area contributed by atoms with E-state index >= 15 is 0 Å². The minimum Gasteiger partial charge on any atom is -0.442 e. The van der Waals surface area contributed by atoms with E-state index in [0.717, 1.165) is 22.1 Å². The number of nitrogens with zero attached hydrogens (tertiary/aromatic N) is 3. The molecule has 3 rings (SSSR count). The number of hydroxylamine groups is 2. The molecule has 0 aromatic heterocycles. The van der Waals surface area contributed by atoms with Crippen LogP contribution in [0.5, 0.6) is 0 Å². The number of rotatable bonds is 5. The summed E-state index contributed by atoms with van der Waals surface area (Å²) in [6, 6.07) is 2.10. The Bertz CT molecular complexity index is 816. The predicted octanol–water partition coefficient (Wildman–Crippen LogP) is -0.0350. The van der Waals surface area contributed by atoms with Crippen LogP contribution in [0.15, 0.2) is 12.1 Å². The molecule has 2 fully saturated rings. The molecular weight excluding hydrogens is 404 g/mol. The van der Waals surface area contributed by atoms with E-state index < -0.39 is 29.7 Å². The Morgan fingerprint density at radius 2 is 1.93 bits per heavy atom. The third-order valence-corrected chi connectivity index (χ3v) is 4.72. The second kappa shape index (κ2) is 9.22. The highest BCUT2D eigenvalue weighted by Gasteiger charge is 2.34. The number of nitrogens with two attached hydrogens (primary N) is 1. The lowest BCUT2D eigenvalue weighted by atomic mass is 10.2. The van der Waals surface area contributed by atoms with Crippen molar-refractivity contribution < 1.29 is 32.7 Å². The number of ether oxygens (including phenoxy) is 1. The molecule has 0 radical (unpaired) electrons. The molecule has 10 nitrogen and oxygen atoms in total. The summed E-state index contributed by atoms with van der Waals surface area (Å²) in [5.41, 5.74) is 5.05. The van der Waals surface area contributed by atoms with Gasteiger partial charge in [-0.2, -0.15) is 0 Å². The lowest BCUT2D eigenvalue weighted by molar-refractivity contribution is -0.180. The molecule has 2 aliphatic rings. The van der Waals surface area contributed by atoms with Crippen LogP contribution >= 0.6 is 0 Å². The van der Waals surface area contributed by atoms with Crippen LogP contribution in [-0.4, -0.2) is 75.0 Å². The molecule has 3 N–H and O–H groups in total. The zero-order valence-corrected chi connectivity index (χ0v) is 16.4. The standard InChI is InChI=1S/C18H23F2N5O5/c1-11(26)22-9-13-10-24(18(28)30-13)12-6-14(19)17(15(20)7-12)23-2-3-25(16(27)8-21)29-5-4-23/h6-7,13H,2-5,8-10,21H2,1H3,(H,22,26)/t13-/m0/s1. The van der Waals surface area contributed by atoms with Crippen molar-refractivity contribution in [2.45, 2.75) is 13.0 Å². The van der Waals surface area contributed by atoms with Gasteiger partial charge in [-0.25, -0.2) is 18.6 Å². The Morgan fingerprint density at radius 3 is 2.57 bits per heavy atom. The fourth-order valence-electron chi connectivity index (χ4n) is 3.28. The highest BCUT2D eigenvalue weighted by atomic mass is 19.1. The van der Waals surface area contributed by atoms with Gasteiger partial charge in [0.05, 0.1) is 38.5 Å². The Labute approximate surface area is 171 Å². The molecule has 0 aliphatic carbocycles. The lowest BCUT2D eigenvalue weighted by Gasteiger charge is -2.24. The molecule has 0 bridgehead atoms. The molecule has 12 heteroatoms. The van der Waals surface area contributed by atoms with Gasteiger partial charge in [0.15, 0.2) is 11.6 Å². The minimum absolute atomic E-state index is 0.00934. The first-order chi connectivity index (χ1) is 14.3. The summed E-state index contributed by atoms with van der Waals surface area (Å²) in [7, 11) is 0. The summed E-state index contributed by atoms with van der Waals surface area (Å²) >= 11 is 0. The predicted molar refractivity (Wildman–Crippen MR) is 102 cm³/mol. The van der Waals surface area contributed by atoms with Crippen molar-refractivity contribution in [3.8, 4) is 0 Å². The van der Waals surface area contributed by atoms with Crippen molar-refractivity contribution >= 4 is 29.3 Å². The maximum absolute atomic E-state index is 14.8. The third kappa shape index (κ3) is 4.76. The van der Waals surface area contributed by atoms with Crippen molar-refractivity contribution in [3.63, 3.8) is 0 Å². The van der Waals surface area contributed by atoms with Gasteiger partial charge in [0.25, 0.3) is 5.91 Å². The molecule has 2 saturated heterocycles. The van der Waals surface area contributed by atoms with Crippen LogP contribution in [0.2, 0.25) is 0 Å². The van der Waals surface area contributed by atoms with E-state index in [1.54, 1.807) is 0 Å². The van der Waals surface area contributed by atoms with E-state index in [1.165, 1.54) is 11.8 Å². The maximum Gasteiger partial charge on any atom is 0.414 e. The molecule has 0 unspecified atom stereocenters. The van der Waals surface area contributed by atoms with Crippen LogP contribution in [-0.2, 0) is 19.2 Å². The normalized spacial score (nSPS) is 19.5. The number of carbonyl (C=O) groups is 3. The quantitative estimate of drug-likeness (QED) is 0.677. The second-order valence-corrected chi connectivity index (χ2v) is 6.83. The fraction of sp³-hybridized carbons (Fsp3) is 0.500. The summed E-state index contributed by atoms with van der Waals surface area (Å²) in [5, 5.41) is 3.61. The largest absolute Gasteiger partial charge is 0.442 e. The second-order valence-electron chi connectivity index (χ2n) is 6.83. The van der Waals surface area contributed by atoms with Crippen LogP contribution in [0.1, 0.15) is 6.92 Å². The van der Waals surface area contributed by atoms with E-state index in [2.05, 4.69) is 5.32 Å². The zero-order valence-electron chi connectivity index (χ0n) is 16.4. The fourth-order valence-corrected chi connectivity index (χ4v) is 3.28. The Kier molecular flexibility index (Phi) is 6.67. The van der Waals surface area contributed by atoms with Crippen molar-refractivity contribution in [2.75, 3.05) is 55.7 Å².